The Labute approximate surface area is 151 Å². The van der Waals surface area contributed by atoms with Crippen LogP contribution in [0, 0.1) is 11.7 Å². The van der Waals surface area contributed by atoms with Gasteiger partial charge in [0.15, 0.2) is 5.96 Å². The second-order valence-electron chi connectivity index (χ2n) is 5.81. The number of primary amides is 1. The number of aryl methyl sites for hydroxylation is 1. The van der Waals surface area contributed by atoms with Crippen molar-refractivity contribution < 1.29 is 9.18 Å². The second kappa shape index (κ2) is 9.50. The van der Waals surface area contributed by atoms with Crippen LogP contribution in [-0.4, -0.2) is 39.7 Å². The van der Waals surface area contributed by atoms with E-state index in [1.807, 2.05) is 6.92 Å². The van der Waals surface area contributed by atoms with Crippen molar-refractivity contribution in [2.75, 3.05) is 13.1 Å². The summed E-state index contributed by atoms with van der Waals surface area (Å²) in [5.41, 5.74) is 6.36. The number of guanidine groups is 1. The van der Waals surface area contributed by atoms with E-state index in [0.717, 1.165) is 11.4 Å². The molecular weight excluding hydrogens is 337 g/mol. The fourth-order valence-corrected chi connectivity index (χ4v) is 2.35. The molecule has 1 aromatic carbocycles. The largest absolute Gasteiger partial charge is 0.369 e. The molecule has 0 aliphatic heterocycles. The fraction of sp³-hybridized carbons (Fsp3) is 0.412. The van der Waals surface area contributed by atoms with Gasteiger partial charge in [0.1, 0.15) is 24.5 Å². The van der Waals surface area contributed by atoms with Crippen LogP contribution in [0.1, 0.15) is 18.3 Å². The maximum Gasteiger partial charge on any atom is 0.222 e. The molecule has 2 rings (SSSR count). The Morgan fingerprint density at radius 3 is 2.65 bits per heavy atom. The Morgan fingerprint density at radius 1 is 1.35 bits per heavy atom. The molecule has 0 bridgehead atoms. The molecule has 0 spiro atoms. The first-order valence-corrected chi connectivity index (χ1v) is 8.38. The van der Waals surface area contributed by atoms with E-state index in [-0.39, 0.29) is 5.82 Å². The average molecular weight is 361 g/mol. The Kier molecular flexibility index (Phi) is 7.07. The zero-order chi connectivity index (χ0) is 18.9. The third kappa shape index (κ3) is 5.83. The van der Waals surface area contributed by atoms with E-state index in [0.29, 0.717) is 32.0 Å². The Morgan fingerprint density at radius 2 is 2.08 bits per heavy atom. The first-order chi connectivity index (χ1) is 12.5. The van der Waals surface area contributed by atoms with E-state index >= 15 is 0 Å². The molecule has 1 amide bonds. The van der Waals surface area contributed by atoms with Gasteiger partial charge in [0.05, 0.1) is 5.92 Å². The number of nitrogens with zero attached hydrogens (tertiary/aromatic N) is 4. The lowest BCUT2D eigenvalue weighted by Crippen LogP contribution is -2.43. The van der Waals surface area contributed by atoms with Crippen LogP contribution in [0.2, 0.25) is 0 Å². The van der Waals surface area contributed by atoms with E-state index in [1.165, 1.54) is 18.5 Å². The number of rotatable bonds is 8. The van der Waals surface area contributed by atoms with Gasteiger partial charge in [-0.3, -0.25) is 9.48 Å². The number of halogens is 1. The van der Waals surface area contributed by atoms with Gasteiger partial charge < -0.3 is 16.4 Å². The Hall–Kier alpha value is -2.97. The molecule has 26 heavy (non-hydrogen) atoms. The van der Waals surface area contributed by atoms with E-state index in [9.17, 15) is 9.18 Å². The molecule has 0 radical (unpaired) electrons. The quantitative estimate of drug-likeness (QED) is 0.464. The lowest BCUT2D eigenvalue weighted by atomic mass is 9.98. The summed E-state index contributed by atoms with van der Waals surface area (Å²) in [6.07, 6.45) is 1.89. The number of hydrogen-bond donors (Lipinski definition) is 3. The number of nitrogens with two attached hydrogens (primary N) is 1. The zero-order valence-electron chi connectivity index (χ0n) is 14.9. The van der Waals surface area contributed by atoms with Gasteiger partial charge >= 0.3 is 0 Å². The van der Waals surface area contributed by atoms with Crippen molar-refractivity contribution in [3.8, 4) is 0 Å². The number of amides is 1. The lowest BCUT2D eigenvalue weighted by molar-refractivity contribution is -0.121. The molecule has 0 saturated heterocycles. The number of aliphatic imine (C=N–C) groups is 1. The number of nitrogens with one attached hydrogen (secondary N) is 2. The normalized spacial score (nSPS) is 12.7. The summed E-state index contributed by atoms with van der Waals surface area (Å²) in [4.78, 5) is 20.3. The van der Waals surface area contributed by atoms with Gasteiger partial charge in [-0.2, -0.15) is 5.10 Å². The van der Waals surface area contributed by atoms with Crippen LogP contribution in [0.15, 0.2) is 35.6 Å². The summed E-state index contributed by atoms with van der Waals surface area (Å²) in [5.74, 6) is 0.0961. The Bertz CT molecular complexity index is 742. The highest BCUT2D eigenvalue weighted by Crippen LogP contribution is 2.09. The van der Waals surface area contributed by atoms with Crippen LogP contribution in [-0.2, 0) is 24.8 Å². The number of aromatic nitrogens is 3. The number of benzene rings is 1. The van der Waals surface area contributed by atoms with Crippen molar-refractivity contribution >= 4 is 11.9 Å². The highest BCUT2D eigenvalue weighted by Gasteiger charge is 2.17. The molecule has 0 aliphatic rings. The van der Waals surface area contributed by atoms with Gasteiger partial charge in [-0.1, -0.05) is 12.1 Å². The molecule has 1 heterocycles. The summed E-state index contributed by atoms with van der Waals surface area (Å²) >= 11 is 0. The highest BCUT2D eigenvalue weighted by atomic mass is 19.1. The smallest absolute Gasteiger partial charge is 0.222 e. The minimum Gasteiger partial charge on any atom is -0.369 e. The van der Waals surface area contributed by atoms with Crippen molar-refractivity contribution in [2.45, 2.75) is 19.9 Å². The van der Waals surface area contributed by atoms with Crippen molar-refractivity contribution in [3.05, 3.63) is 47.8 Å². The molecule has 140 valence electrons. The predicted molar refractivity (Wildman–Crippen MR) is 96.6 cm³/mol. The lowest BCUT2D eigenvalue weighted by Gasteiger charge is -2.17. The topological polar surface area (TPSA) is 110 Å². The Balaban J connectivity index is 1.98. The second-order valence-corrected chi connectivity index (χ2v) is 5.81. The van der Waals surface area contributed by atoms with Crippen LogP contribution in [0.5, 0.6) is 0 Å². The maximum atomic E-state index is 13.0. The fourth-order valence-electron chi connectivity index (χ4n) is 2.35. The minimum absolute atomic E-state index is 0.312. The molecule has 0 saturated carbocycles. The molecule has 4 N–H and O–H groups in total. The molecule has 1 aromatic heterocycles. The van der Waals surface area contributed by atoms with Gasteiger partial charge in [0, 0.05) is 20.1 Å². The standard InChI is InChI=1S/C17H24FN7O/c1-3-20-17(22-10-15-23-11-24-25(15)2)21-9-13(16(19)26)8-12-4-6-14(18)7-5-12/h4-7,11,13H,3,8-10H2,1-2H3,(H2,19,26)(H2,20,21,22). The summed E-state index contributed by atoms with van der Waals surface area (Å²) in [7, 11) is 1.80. The third-order valence-corrected chi connectivity index (χ3v) is 3.84. The number of hydrogen-bond acceptors (Lipinski definition) is 4. The van der Waals surface area contributed by atoms with Gasteiger partial charge in [-0.15, -0.1) is 0 Å². The first kappa shape index (κ1) is 19.4. The van der Waals surface area contributed by atoms with Crippen LogP contribution in [0.3, 0.4) is 0 Å². The number of carbonyl (C=O) groups is 1. The molecule has 1 atom stereocenters. The van der Waals surface area contributed by atoms with E-state index in [2.05, 4.69) is 25.7 Å². The van der Waals surface area contributed by atoms with Gasteiger partial charge in [-0.25, -0.2) is 14.4 Å². The van der Waals surface area contributed by atoms with Gasteiger partial charge in [0.25, 0.3) is 0 Å². The molecule has 1 unspecified atom stereocenters. The SMILES string of the molecule is CCNC(=NCc1ncnn1C)NCC(Cc1ccc(F)cc1)C(N)=O. The minimum atomic E-state index is -0.445. The molecule has 0 fully saturated rings. The highest BCUT2D eigenvalue weighted by molar-refractivity contribution is 5.81. The third-order valence-electron chi connectivity index (χ3n) is 3.84. The van der Waals surface area contributed by atoms with Crippen molar-refractivity contribution in [3.63, 3.8) is 0 Å². The molecule has 9 heteroatoms. The maximum absolute atomic E-state index is 13.0. The molecule has 2 aromatic rings. The summed E-state index contributed by atoms with van der Waals surface area (Å²) in [5, 5.41) is 10.2. The van der Waals surface area contributed by atoms with E-state index < -0.39 is 11.8 Å². The van der Waals surface area contributed by atoms with Crippen LogP contribution >= 0.6 is 0 Å². The average Bonchev–Trinajstić information content (AvgIpc) is 3.02. The predicted octanol–water partition coefficient (Wildman–Crippen LogP) is 0.354. The van der Waals surface area contributed by atoms with Crippen molar-refractivity contribution in [1.29, 1.82) is 0 Å². The molecule has 8 nitrogen and oxygen atoms in total. The van der Waals surface area contributed by atoms with Gasteiger partial charge in [-0.05, 0) is 31.0 Å². The molecular formula is C17H24FN7O. The van der Waals surface area contributed by atoms with E-state index in [4.69, 9.17) is 5.73 Å². The molecule has 0 aliphatic carbocycles. The van der Waals surface area contributed by atoms with Crippen molar-refractivity contribution in [2.24, 2.45) is 23.7 Å². The summed E-state index contributed by atoms with van der Waals surface area (Å²) in [6.45, 7) is 3.29. The summed E-state index contributed by atoms with van der Waals surface area (Å²) < 4.78 is 14.7. The zero-order valence-corrected chi connectivity index (χ0v) is 14.9. The van der Waals surface area contributed by atoms with Crippen molar-refractivity contribution in [1.82, 2.24) is 25.4 Å². The van der Waals surface area contributed by atoms with Crippen LogP contribution in [0.4, 0.5) is 4.39 Å². The van der Waals surface area contributed by atoms with Gasteiger partial charge in [0.2, 0.25) is 5.91 Å². The monoisotopic (exact) mass is 361 g/mol. The van der Waals surface area contributed by atoms with Crippen LogP contribution < -0.4 is 16.4 Å². The first-order valence-electron chi connectivity index (χ1n) is 8.38. The van der Waals surface area contributed by atoms with E-state index in [1.54, 1.807) is 23.9 Å². The number of carbonyl (C=O) groups excluding carboxylic acids is 1. The summed E-state index contributed by atoms with van der Waals surface area (Å²) in [6, 6.07) is 6.04. The van der Waals surface area contributed by atoms with Crippen LogP contribution in [0.25, 0.3) is 0 Å².